The monoisotopic (exact) mass is 348 g/mol. The Kier molecular flexibility index (Phi) is 5.98. The average molecular weight is 348 g/mol. The minimum atomic E-state index is 0.601. The SMILES string of the molecule is CCNC(=NCc1cccc(-c2ncn[nH]2)c1)N(C)Cc1ccccc1. The number of hydrogen-bond acceptors (Lipinski definition) is 3. The third-order valence-electron chi connectivity index (χ3n) is 3.99. The summed E-state index contributed by atoms with van der Waals surface area (Å²) in [6.45, 7) is 4.32. The average Bonchev–Trinajstić information content (AvgIpc) is 3.21. The number of benzene rings is 2. The predicted octanol–water partition coefficient (Wildman–Crippen LogP) is 3.07. The molecule has 6 heteroatoms. The van der Waals surface area contributed by atoms with Crippen molar-refractivity contribution in [1.29, 1.82) is 0 Å². The molecule has 3 aromatic rings. The molecule has 3 rings (SSSR count). The van der Waals surface area contributed by atoms with Gasteiger partial charge in [0.1, 0.15) is 6.33 Å². The van der Waals surface area contributed by atoms with E-state index in [1.165, 1.54) is 11.9 Å². The van der Waals surface area contributed by atoms with Crippen LogP contribution in [0.25, 0.3) is 11.4 Å². The van der Waals surface area contributed by atoms with Gasteiger partial charge in [-0.2, -0.15) is 5.10 Å². The fourth-order valence-corrected chi connectivity index (χ4v) is 2.73. The van der Waals surface area contributed by atoms with Crippen LogP contribution in [0.1, 0.15) is 18.1 Å². The van der Waals surface area contributed by atoms with Crippen LogP contribution in [0.5, 0.6) is 0 Å². The summed E-state index contributed by atoms with van der Waals surface area (Å²) in [4.78, 5) is 11.1. The van der Waals surface area contributed by atoms with Crippen molar-refractivity contribution < 1.29 is 0 Å². The molecule has 0 atom stereocenters. The van der Waals surface area contributed by atoms with Crippen molar-refractivity contribution in [2.24, 2.45) is 4.99 Å². The van der Waals surface area contributed by atoms with Crippen molar-refractivity contribution in [1.82, 2.24) is 25.4 Å². The van der Waals surface area contributed by atoms with E-state index in [4.69, 9.17) is 4.99 Å². The largest absolute Gasteiger partial charge is 0.357 e. The van der Waals surface area contributed by atoms with Gasteiger partial charge in [0, 0.05) is 25.7 Å². The predicted molar refractivity (Wildman–Crippen MR) is 105 cm³/mol. The molecule has 0 saturated carbocycles. The number of nitrogens with zero attached hydrogens (tertiary/aromatic N) is 4. The highest BCUT2D eigenvalue weighted by Crippen LogP contribution is 2.16. The minimum absolute atomic E-state index is 0.601. The van der Waals surface area contributed by atoms with Gasteiger partial charge in [-0.3, -0.25) is 5.10 Å². The molecule has 2 N–H and O–H groups in total. The number of aromatic nitrogens is 3. The lowest BCUT2D eigenvalue weighted by Gasteiger charge is -2.22. The van der Waals surface area contributed by atoms with Crippen molar-refractivity contribution in [3.63, 3.8) is 0 Å². The highest BCUT2D eigenvalue weighted by molar-refractivity contribution is 5.79. The molecule has 134 valence electrons. The minimum Gasteiger partial charge on any atom is -0.357 e. The van der Waals surface area contributed by atoms with E-state index in [0.29, 0.717) is 6.54 Å². The Hall–Kier alpha value is -3.15. The number of hydrogen-bond donors (Lipinski definition) is 2. The first-order valence-electron chi connectivity index (χ1n) is 8.74. The Labute approximate surface area is 154 Å². The van der Waals surface area contributed by atoms with E-state index in [1.807, 2.05) is 18.2 Å². The topological polar surface area (TPSA) is 69.2 Å². The lowest BCUT2D eigenvalue weighted by Crippen LogP contribution is -2.38. The van der Waals surface area contributed by atoms with Crippen LogP contribution in [0.2, 0.25) is 0 Å². The Morgan fingerprint density at radius 1 is 1.12 bits per heavy atom. The van der Waals surface area contributed by atoms with Crippen LogP contribution in [0, 0.1) is 0 Å². The fraction of sp³-hybridized carbons (Fsp3) is 0.250. The molecule has 26 heavy (non-hydrogen) atoms. The molecular formula is C20H24N6. The quantitative estimate of drug-likeness (QED) is 0.531. The summed E-state index contributed by atoms with van der Waals surface area (Å²) in [5.74, 6) is 1.66. The zero-order valence-corrected chi connectivity index (χ0v) is 15.2. The van der Waals surface area contributed by atoms with E-state index in [2.05, 4.69) is 75.8 Å². The van der Waals surface area contributed by atoms with Crippen molar-refractivity contribution in [2.75, 3.05) is 13.6 Å². The van der Waals surface area contributed by atoms with Crippen molar-refractivity contribution in [3.05, 3.63) is 72.1 Å². The number of nitrogens with one attached hydrogen (secondary N) is 2. The van der Waals surface area contributed by atoms with Gasteiger partial charge in [0.2, 0.25) is 0 Å². The zero-order valence-electron chi connectivity index (χ0n) is 15.2. The second-order valence-corrected chi connectivity index (χ2v) is 6.05. The third-order valence-corrected chi connectivity index (χ3v) is 3.99. The van der Waals surface area contributed by atoms with Crippen LogP contribution in [0.15, 0.2) is 65.9 Å². The number of H-pyrrole nitrogens is 1. The molecule has 0 aliphatic heterocycles. The second-order valence-electron chi connectivity index (χ2n) is 6.05. The second kappa shape index (κ2) is 8.80. The van der Waals surface area contributed by atoms with E-state index < -0.39 is 0 Å². The first kappa shape index (κ1) is 17.7. The number of guanidine groups is 1. The van der Waals surface area contributed by atoms with Gasteiger partial charge in [0.15, 0.2) is 11.8 Å². The Balaban J connectivity index is 1.72. The van der Waals surface area contributed by atoms with Gasteiger partial charge >= 0.3 is 0 Å². The van der Waals surface area contributed by atoms with Crippen LogP contribution in [-0.4, -0.2) is 39.6 Å². The molecule has 1 heterocycles. The summed E-state index contributed by atoms with van der Waals surface area (Å²) in [5.41, 5.74) is 3.40. The van der Waals surface area contributed by atoms with Crippen molar-refractivity contribution in [3.8, 4) is 11.4 Å². The Morgan fingerprint density at radius 3 is 2.65 bits per heavy atom. The van der Waals surface area contributed by atoms with Gasteiger partial charge in [-0.25, -0.2) is 9.98 Å². The maximum Gasteiger partial charge on any atom is 0.194 e. The molecule has 6 nitrogen and oxygen atoms in total. The van der Waals surface area contributed by atoms with Crippen LogP contribution in [0.3, 0.4) is 0 Å². The summed E-state index contributed by atoms with van der Waals surface area (Å²) in [5, 5.41) is 10.2. The van der Waals surface area contributed by atoms with Gasteiger partial charge in [0.25, 0.3) is 0 Å². The standard InChI is InChI=1S/C20H24N6/c1-3-21-20(26(2)14-16-8-5-4-6-9-16)22-13-17-10-7-11-18(12-17)19-23-15-24-25-19/h4-12,15H,3,13-14H2,1-2H3,(H,21,22)(H,23,24,25). The molecule has 0 unspecified atom stereocenters. The van der Waals surface area contributed by atoms with Gasteiger partial charge in [-0.1, -0.05) is 48.5 Å². The number of aromatic amines is 1. The Bertz CT molecular complexity index is 827. The van der Waals surface area contributed by atoms with Gasteiger partial charge < -0.3 is 10.2 Å². The van der Waals surface area contributed by atoms with E-state index in [1.54, 1.807) is 0 Å². The fourth-order valence-electron chi connectivity index (χ4n) is 2.73. The summed E-state index contributed by atoms with van der Waals surface area (Å²) >= 11 is 0. The third kappa shape index (κ3) is 4.69. The van der Waals surface area contributed by atoms with Crippen molar-refractivity contribution in [2.45, 2.75) is 20.0 Å². The molecular weight excluding hydrogens is 324 g/mol. The lowest BCUT2D eigenvalue weighted by atomic mass is 10.1. The van der Waals surface area contributed by atoms with Crippen molar-refractivity contribution >= 4 is 5.96 Å². The molecule has 1 aromatic heterocycles. The molecule has 0 saturated heterocycles. The molecule has 0 spiro atoms. The number of aliphatic imine (C=N–C) groups is 1. The highest BCUT2D eigenvalue weighted by atomic mass is 15.3. The van der Waals surface area contributed by atoms with Crippen LogP contribution < -0.4 is 5.32 Å². The lowest BCUT2D eigenvalue weighted by molar-refractivity contribution is 0.477. The molecule has 0 bridgehead atoms. The number of rotatable bonds is 6. The van der Waals surface area contributed by atoms with Crippen LogP contribution in [-0.2, 0) is 13.1 Å². The van der Waals surface area contributed by atoms with E-state index in [-0.39, 0.29) is 0 Å². The summed E-state index contributed by atoms with van der Waals surface area (Å²) < 4.78 is 0. The first-order valence-corrected chi connectivity index (χ1v) is 8.74. The van der Waals surface area contributed by atoms with Gasteiger partial charge in [-0.15, -0.1) is 0 Å². The zero-order chi connectivity index (χ0) is 18.2. The summed E-state index contributed by atoms with van der Waals surface area (Å²) in [7, 11) is 2.05. The molecule has 2 aromatic carbocycles. The van der Waals surface area contributed by atoms with Gasteiger partial charge in [0.05, 0.1) is 6.54 Å². The molecule has 0 aliphatic rings. The normalized spacial score (nSPS) is 11.4. The summed E-state index contributed by atoms with van der Waals surface area (Å²) in [6, 6.07) is 18.6. The van der Waals surface area contributed by atoms with Crippen LogP contribution >= 0.6 is 0 Å². The molecule has 0 amide bonds. The smallest absolute Gasteiger partial charge is 0.194 e. The van der Waals surface area contributed by atoms with Crippen LogP contribution in [0.4, 0.5) is 0 Å². The maximum absolute atomic E-state index is 4.79. The first-order chi connectivity index (χ1) is 12.8. The maximum atomic E-state index is 4.79. The molecule has 0 aliphatic carbocycles. The molecule has 0 fully saturated rings. The van der Waals surface area contributed by atoms with E-state index in [0.717, 1.165) is 36.0 Å². The Morgan fingerprint density at radius 2 is 1.92 bits per heavy atom. The molecule has 0 radical (unpaired) electrons. The highest BCUT2D eigenvalue weighted by Gasteiger charge is 2.07. The van der Waals surface area contributed by atoms with E-state index >= 15 is 0 Å². The summed E-state index contributed by atoms with van der Waals surface area (Å²) in [6.07, 6.45) is 1.52. The van der Waals surface area contributed by atoms with E-state index in [9.17, 15) is 0 Å². The van der Waals surface area contributed by atoms with Gasteiger partial charge in [-0.05, 0) is 24.1 Å².